The normalized spacial score (nSPS) is 14.2. The molecule has 3 heterocycles. The lowest BCUT2D eigenvalue weighted by Gasteiger charge is -2.13. The number of hydrogen-bond acceptors (Lipinski definition) is 3. The Morgan fingerprint density at radius 2 is 1.70 bits per heavy atom. The van der Waals surface area contributed by atoms with E-state index in [1.807, 2.05) is 24.2 Å². The van der Waals surface area contributed by atoms with E-state index in [-0.39, 0.29) is 24.0 Å². The molecule has 0 atom stereocenters. The van der Waals surface area contributed by atoms with Crippen molar-refractivity contribution in [2.45, 2.75) is 25.3 Å². The highest BCUT2D eigenvalue weighted by Crippen LogP contribution is 2.45. The van der Waals surface area contributed by atoms with Crippen LogP contribution < -0.4 is 33.4 Å². The molecule has 0 saturated carbocycles. The van der Waals surface area contributed by atoms with Crippen LogP contribution in [-0.4, -0.2) is 12.0 Å². The highest BCUT2D eigenvalue weighted by molar-refractivity contribution is 8.03. The third-order valence-electron chi connectivity index (χ3n) is 4.75. The van der Waals surface area contributed by atoms with Gasteiger partial charge < -0.3 is 28.9 Å². The number of pyridine rings is 2. The van der Waals surface area contributed by atoms with Crippen molar-refractivity contribution in [1.82, 2.24) is 4.98 Å². The number of thioether (sulfide) groups is 1. The van der Waals surface area contributed by atoms with Crippen molar-refractivity contribution in [2.24, 2.45) is 0 Å². The van der Waals surface area contributed by atoms with Gasteiger partial charge in [0.2, 0.25) is 0 Å². The quantitative estimate of drug-likeness (QED) is 0.414. The van der Waals surface area contributed by atoms with E-state index in [1.165, 1.54) is 38.1 Å². The molecule has 0 saturated heterocycles. The highest BCUT2D eigenvalue weighted by Gasteiger charge is 2.21. The molecule has 3 aromatic rings. The predicted molar refractivity (Wildman–Crippen MR) is 108 cm³/mol. The molecule has 0 bridgehead atoms. The number of rotatable bonds is 3. The third-order valence-corrected chi connectivity index (χ3v) is 5.92. The lowest BCUT2D eigenvalue weighted by Crippen LogP contribution is -3.00. The average Bonchev–Trinajstić information content (AvgIpc) is 2.95. The van der Waals surface area contributed by atoms with Gasteiger partial charge in [-0.15, -0.1) is 0 Å². The summed E-state index contributed by atoms with van der Waals surface area (Å²) in [7, 11) is 2.14. The summed E-state index contributed by atoms with van der Waals surface area (Å²) in [6.07, 6.45) is 5.98. The van der Waals surface area contributed by atoms with Gasteiger partial charge in [-0.3, -0.25) is 4.98 Å². The predicted octanol–water partition coefficient (Wildman–Crippen LogP) is 1.58. The van der Waals surface area contributed by atoms with Gasteiger partial charge in [0, 0.05) is 55.9 Å². The maximum atomic E-state index is 4.10. The standard InChI is InChI=1S/C22H22N3S.HI/c1-16-12-19(13-17(2)25(16)15-18-8-10-23-11-9-18)14-22-24(3)20-6-4-5-7-21(20)26-22;/h4-14H,15H2,1-3H3;1H/q+1;/p-1. The van der Waals surface area contributed by atoms with E-state index in [0.717, 1.165) is 6.54 Å². The lowest BCUT2D eigenvalue weighted by molar-refractivity contribution is -0.700. The van der Waals surface area contributed by atoms with E-state index >= 15 is 0 Å². The molecule has 0 spiro atoms. The van der Waals surface area contributed by atoms with Gasteiger partial charge in [-0.05, 0) is 35.9 Å². The summed E-state index contributed by atoms with van der Waals surface area (Å²) < 4.78 is 2.34. The van der Waals surface area contributed by atoms with Crippen LogP contribution in [0.4, 0.5) is 5.69 Å². The number of benzene rings is 1. The van der Waals surface area contributed by atoms with Crippen LogP contribution in [0.2, 0.25) is 0 Å². The van der Waals surface area contributed by atoms with Crippen LogP contribution in [0.25, 0.3) is 6.08 Å². The molecule has 2 aromatic heterocycles. The van der Waals surface area contributed by atoms with Crippen LogP contribution in [0.3, 0.4) is 0 Å². The molecule has 1 aromatic carbocycles. The number of hydrogen-bond donors (Lipinski definition) is 0. The van der Waals surface area contributed by atoms with E-state index in [2.05, 4.69) is 90.0 Å². The topological polar surface area (TPSA) is 20.0 Å². The molecule has 5 heteroatoms. The van der Waals surface area contributed by atoms with E-state index < -0.39 is 0 Å². The Hall–Kier alpha value is -1.86. The number of nitrogens with zero attached hydrogens (tertiary/aromatic N) is 3. The zero-order chi connectivity index (χ0) is 18.1. The summed E-state index contributed by atoms with van der Waals surface area (Å²) in [5.41, 5.74) is 6.31. The largest absolute Gasteiger partial charge is 1.00 e. The zero-order valence-corrected chi connectivity index (χ0v) is 18.7. The van der Waals surface area contributed by atoms with Gasteiger partial charge in [0.15, 0.2) is 17.9 Å². The summed E-state index contributed by atoms with van der Waals surface area (Å²) in [6, 6.07) is 17.2. The second-order valence-electron chi connectivity index (χ2n) is 6.62. The van der Waals surface area contributed by atoms with E-state index in [1.54, 1.807) is 0 Å². The molecule has 27 heavy (non-hydrogen) atoms. The van der Waals surface area contributed by atoms with Crippen molar-refractivity contribution in [3.8, 4) is 0 Å². The Labute approximate surface area is 182 Å². The van der Waals surface area contributed by atoms with E-state index in [0.29, 0.717) is 0 Å². The monoisotopic (exact) mass is 487 g/mol. The number of aryl methyl sites for hydroxylation is 2. The fourth-order valence-electron chi connectivity index (χ4n) is 3.35. The second-order valence-corrected chi connectivity index (χ2v) is 7.69. The molecular weight excluding hydrogens is 465 g/mol. The van der Waals surface area contributed by atoms with Gasteiger partial charge in [0.1, 0.15) is 0 Å². The molecule has 138 valence electrons. The molecule has 3 nitrogen and oxygen atoms in total. The Morgan fingerprint density at radius 3 is 2.37 bits per heavy atom. The molecule has 0 unspecified atom stereocenters. The summed E-state index contributed by atoms with van der Waals surface area (Å²) in [5, 5.41) is 1.26. The van der Waals surface area contributed by atoms with Gasteiger partial charge in [-0.1, -0.05) is 23.9 Å². The average molecular weight is 487 g/mol. The van der Waals surface area contributed by atoms with Crippen molar-refractivity contribution in [3.05, 3.63) is 88.5 Å². The first-order valence-corrected chi connectivity index (χ1v) is 9.56. The number of para-hydroxylation sites is 1. The SMILES string of the molecule is Cc1cc(/C=C2/Sc3ccccc3N2C)cc(C)[n+]1Cc1ccncc1.[I-]. The van der Waals surface area contributed by atoms with Crippen LogP contribution in [0, 0.1) is 13.8 Å². The van der Waals surface area contributed by atoms with Crippen LogP contribution >= 0.6 is 11.8 Å². The summed E-state index contributed by atoms with van der Waals surface area (Å²) in [5.74, 6) is 0. The Morgan fingerprint density at radius 1 is 1.04 bits per heavy atom. The van der Waals surface area contributed by atoms with Gasteiger partial charge >= 0.3 is 0 Å². The number of aromatic nitrogens is 2. The molecule has 1 aliphatic heterocycles. The lowest BCUT2D eigenvalue weighted by atomic mass is 10.1. The van der Waals surface area contributed by atoms with Crippen LogP contribution in [-0.2, 0) is 6.54 Å². The summed E-state index contributed by atoms with van der Waals surface area (Å²) >= 11 is 1.83. The first kappa shape index (κ1) is 19.9. The van der Waals surface area contributed by atoms with Crippen LogP contribution in [0.5, 0.6) is 0 Å². The summed E-state index contributed by atoms with van der Waals surface area (Å²) in [6.45, 7) is 5.23. The van der Waals surface area contributed by atoms with Gasteiger partial charge in [0.25, 0.3) is 0 Å². The molecule has 4 rings (SSSR count). The molecule has 0 N–H and O–H groups in total. The maximum Gasteiger partial charge on any atom is 0.179 e. The third kappa shape index (κ3) is 4.19. The molecule has 0 amide bonds. The highest BCUT2D eigenvalue weighted by atomic mass is 127. The van der Waals surface area contributed by atoms with Crippen LogP contribution in [0.15, 0.2) is 70.8 Å². The smallest absolute Gasteiger partial charge is 0.179 e. The molecular formula is C22H22IN3S. The van der Waals surface area contributed by atoms with Gasteiger partial charge in [-0.25, -0.2) is 0 Å². The molecule has 0 aliphatic carbocycles. The van der Waals surface area contributed by atoms with Crippen molar-refractivity contribution >= 4 is 23.5 Å². The Kier molecular flexibility index (Phi) is 6.22. The minimum Gasteiger partial charge on any atom is -1.00 e. The number of fused-ring (bicyclic) bond motifs is 1. The maximum absolute atomic E-state index is 4.10. The number of halogens is 1. The first-order chi connectivity index (χ1) is 12.6. The van der Waals surface area contributed by atoms with Crippen molar-refractivity contribution in [3.63, 3.8) is 0 Å². The van der Waals surface area contributed by atoms with Gasteiger partial charge in [0.05, 0.1) is 10.7 Å². The van der Waals surface area contributed by atoms with Crippen LogP contribution in [0.1, 0.15) is 22.5 Å². The minimum absolute atomic E-state index is 0. The Balaban J connectivity index is 0.00000210. The minimum atomic E-state index is 0. The van der Waals surface area contributed by atoms with Gasteiger partial charge in [-0.2, -0.15) is 4.57 Å². The van der Waals surface area contributed by atoms with Crippen molar-refractivity contribution in [2.75, 3.05) is 11.9 Å². The zero-order valence-electron chi connectivity index (χ0n) is 15.7. The van der Waals surface area contributed by atoms with E-state index in [9.17, 15) is 0 Å². The first-order valence-electron chi connectivity index (χ1n) is 8.74. The second kappa shape index (κ2) is 8.44. The van der Waals surface area contributed by atoms with Crippen molar-refractivity contribution < 1.29 is 28.5 Å². The summed E-state index contributed by atoms with van der Waals surface area (Å²) in [4.78, 5) is 7.69. The fraction of sp³-hybridized carbons (Fsp3) is 0.182. The van der Waals surface area contributed by atoms with E-state index in [4.69, 9.17) is 0 Å². The van der Waals surface area contributed by atoms with Crippen molar-refractivity contribution in [1.29, 1.82) is 0 Å². The Bertz CT molecular complexity index is 963. The molecule has 0 radical (unpaired) electrons. The fourth-order valence-corrected chi connectivity index (χ4v) is 4.46. The number of anilines is 1. The molecule has 1 aliphatic rings. The molecule has 0 fully saturated rings.